The van der Waals surface area contributed by atoms with Crippen molar-refractivity contribution >= 4 is 30.3 Å². The molecule has 9 nitrogen and oxygen atoms in total. The normalized spacial score (nSPS) is 13.1. The number of hydrogen-bond donors (Lipinski definition) is 2. The average molecular weight is 291 g/mol. The molecule has 0 aromatic heterocycles. The molecule has 0 spiro atoms. The SMILES string of the molecule is NN(C=O)CCN1C(=O)c2ccc(N(N)C=O)cc2C1=O. The zero-order valence-corrected chi connectivity index (χ0v) is 10.9. The van der Waals surface area contributed by atoms with Crippen molar-refractivity contribution in [3.63, 3.8) is 0 Å². The molecule has 4 N–H and O–H groups in total. The fourth-order valence-electron chi connectivity index (χ4n) is 1.97. The van der Waals surface area contributed by atoms with Crippen LogP contribution in [-0.4, -0.2) is 47.6 Å². The van der Waals surface area contributed by atoms with Crippen LogP contribution in [0.4, 0.5) is 5.69 Å². The Kier molecular flexibility index (Phi) is 3.96. The molecular weight excluding hydrogens is 278 g/mol. The molecule has 0 atom stereocenters. The molecule has 0 saturated carbocycles. The molecule has 1 aromatic rings. The zero-order chi connectivity index (χ0) is 15.6. The van der Waals surface area contributed by atoms with E-state index in [0.29, 0.717) is 18.5 Å². The minimum Gasteiger partial charge on any atom is -0.282 e. The molecule has 0 radical (unpaired) electrons. The fourth-order valence-corrected chi connectivity index (χ4v) is 1.97. The lowest BCUT2D eigenvalue weighted by Gasteiger charge is -2.16. The molecule has 21 heavy (non-hydrogen) atoms. The number of benzene rings is 1. The van der Waals surface area contributed by atoms with E-state index in [4.69, 9.17) is 11.7 Å². The minimum atomic E-state index is -0.518. The molecule has 1 heterocycles. The number of nitrogens with zero attached hydrogens (tertiary/aromatic N) is 3. The van der Waals surface area contributed by atoms with Gasteiger partial charge in [0, 0.05) is 6.54 Å². The van der Waals surface area contributed by atoms with Gasteiger partial charge in [0.1, 0.15) is 0 Å². The number of carbonyl (C=O) groups excluding carboxylic acids is 4. The minimum absolute atomic E-state index is 0.0169. The van der Waals surface area contributed by atoms with Gasteiger partial charge in [-0.15, -0.1) is 0 Å². The van der Waals surface area contributed by atoms with E-state index in [9.17, 15) is 19.2 Å². The smallest absolute Gasteiger partial charge is 0.261 e. The first kappa shape index (κ1) is 14.6. The number of rotatable bonds is 6. The van der Waals surface area contributed by atoms with Gasteiger partial charge in [0.2, 0.25) is 12.8 Å². The van der Waals surface area contributed by atoms with Gasteiger partial charge in [-0.1, -0.05) is 0 Å². The first-order valence-corrected chi connectivity index (χ1v) is 5.95. The van der Waals surface area contributed by atoms with Crippen LogP contribution in [0.3, 0.4) is 0 Å². The Morgan fingerprint density at radius 1 is 1.05 bits per heavy atom. The van der Waals surface area contributed by atoms with Crippen molar-refractivity contribution in [2.45, 2.75) is 0 Å². The van der Waals surface area contributed by atoms with Gasteiger partial charge < -0.3 is 0 Å². The quantitative estimate of drug-likeness (QED) is 0.214. The van der Waals surface area contributed by atoms with Crippen molar-refractivity contribution < 1.29 is 19.2 Å². The van der Waals surface area contributed by atoms with Crippen molar-refractivity contribution in [1.82, 2.24) is 9.91 Å². The maximum Gasteiger partial charge on any atom is 0.261 e. The number of imide groups is 1. The standard InChI is InChI=1S/C12H13N5O4/c13-15(6-18)3-4-16-11(20)9-2-1-8(17(14)7-19)5-10(9)12(16)21/h1-2,5-7H,3-4,13-14H2. The summed E-state index contributed by atoms with van der Waals surface area (Å²) in [6.45, 7) is 0.0100. The first-order valence-electron chi connectivity index (χ1n) is 5.95. The summed E-state index contributed by atoms with van der Waals surface area (Å²) >= 11 is 0. The zero-order valence-electron chi connectivity index (χ0n) is 10.9. The van der Waals surface area contributed by atoms with Gasteiger partial charge in [-0.05, 0) is 18.2 Å². The molecule has 0 fully saturated rings. The maximum absolute atomic E-state index is 12.2. The van der Waals surface area contributed by atoms with Gasteiger partial charge in [-0.3, -0.25) is 34.1 Å². The van der Waals surface area contributed by atoms with Crippen LogP contribution in [0.5, 0.6) is 0 Å². The molecule has 1 aromatic carbocycles. The predicted octanol–water partition coefficient (Wildman–Crippen LogP) is -1.55. The lowest BCUT2D eigenvalue weighted by molar-refractivity contribution is -0.118. The third kappa shape index (κ3) is 2.59. The summed E-state index contributed by atoms with van der Waals surface area (Å²) < 4.78 is 0. The summed E-state index contributed by atoms with van der Waals surface area (Å²) in [5.74, 6) is 9.70. The van der Waals surface area contributed by atoms with E-state index in [1.54, 1.807) is 0 Å². The topological polar surface area (TPSA) is 130 Å². The van der Waals surface area contributed by atoms with Crippen LogP contribution in [0.25, 0.3) is 0 Å². The number of amides is 4. The maximum atomic E-state index is 12.2. The summed E-state index contributed by atoms with van der Waals surface area (Å²) in [5, 5.41) is 1.64. The van der Waals surface area contributed by atoms with Gasteiger partial charge in [0.25, 0.3) is 11.8 Å². The number of fused-ring (bicyclic) bond motifs is 1. The highest BCUT2D eigenvalue weighted by Gasteiger charge is 2.35. The Balaban J connectivity index is 2.25. The number of nitrogens with two attached hydrogens (primary N) is 2. The van der Waals surface area contributed by atoms with E-state index in [0.717, 1.165) is 14.9 Å². The molecule has 4 amide bonds. The van der Waals surface area contributed by atoms with Crippen LogP contribution in [0.15, 0.2) is 18.2 Å². The van der Waals surface area contributed by atoms with Gasteiger partial charge in [-0.25, -0.2) is 11.7 Å². The van der Waals surface area contributed by atoms with Gasteiger partial charge in [0.15, 0.2) is 0 Å². The van der Waals surface area contributed by atoms with Crippen LogP contribution in [0.1, 0.15) is 20.7 Å². The van der Waals surface area contributed by atoms with Crippen LogP contribution < -0.4 is 16.7 Å². The van der Waals surface area contributed by atoms with Gasteiger partial charge in [-0.2, -0.15) is 0 Å². The van der Waals surface area contributed by atoms with Crippen molar-refractivity contribution in [3.8, 4) is 0 Å². The number of carbonyl (C=O) groups is 4. The Labute approximate surface area is 119 Å². The Morgan fingerprint density at radius 3 is 2.33 bits per heavy atom. The molecule has 2 rings (SSSR count). The van der Waals surface area contributed by atoms with E-state index >= 15 is 0 Å². The van der Waals surface area contributed by atoms with Crippen molar-refractivity contribution in [2.24, 2.45) is 11.7 Å². The summed E-state index contributed by atoms with van der Waals surface area (Å²) in [4.78, 5) is 46.3. The molecular formula is C12H13N5O4. The lowest BCUT2D eigenvalue weighted by Crippen LogP contribution is -2.40. The van der Waals surface area contributed by atoms with Crippen LogP contribution in [0, 0.1) is 0 Å². The molecule has 0 bridgehead atoms. The van der Waals surface area contributed by atoms with E-state index < -0.39 is 11.8 Å². The monoisotopic (exact) mass is 291 g/mol. The first-order chi connectivity index (χ1) is 9.99. The van der Waals surface area contributed by atoms with Crippen molar-refractivity contribution in [2.75, 3.05) is 18.1 Å². The third-order valence-electron chi connectivity index (χ3n) is 3.08. The predicted molar refractivity (Wildman–Crippen MR) is 71.5 cm³/mol. The molecule has 0 saturated heterocycles. The Hall–Kier alpha value is -2.78. The van der Waals surface area contributed by atoms with Gasteiger partial charge >= 0.3 is 0 Å². The number of hydrogen-bond acceptors (Lipinski definition) is 6. The average Bonchev–Trinajstić information content (AvgIpc) is 2.75. The summed E-state index contributed by atoms with van der Waals surface area (Å²) in [6, 6.07) is 4.25. The second-order valence-corrected chi connectivity index (χ2v) is 4.35. The molecule has 0 unspecified atom stereocenters. The highest BCUT2D eigenvalue weighted by molar-refractivity contribution is 6.21. The Morgan fingerprint density at radius 2 is 1.71 bits per heavy atom. The highest BCUT2D eigenvalue weighted by atomic mass is 16.2. The second kappa shape index (κ2) is 5.69. The summed E-state index contributed by atoms with van der Waals surface area (Å²) in [5.41, 5.74) is 0.669. The molecule has 0 aliphatic carbocycles. The van der Waals surface area contributed by atoms with E-state index in [1.807, 2.05) is 0 Å². The van der Waals surface area contributed by atoms with Crippen LogP contribution >= 0.6 is 0 Å². The molecule has 1 aliphatic heterocycles. The summed E-state index contributed by atoms with van der Waals surface area (Å²) in [6.07, 6.45) is 0.782. The lowest BCUT2D eigenvalue weighted by atomic mass is 10.1. The number of hydrazine groups is 2. The van der Waals surface area contributed by atoms with Crippen molar-refractivity contribution in [3.05, 3.63) is 29.3 Å². The third-order valence-corrected chi connectivity index (χ3v) is 3.08. The fraction of sp³-hybridized carbons (Fsp3) is 0.167. The molecule has 110 valence electrons. The van der Waals surface area contributed by atoms with Crippen LogP contribution in [-0.2, 0) is 9.59 Å². The number of anilines is 1. The summed E-state index contributed by atoms with van der Waals surface area (Å²) in [7, 11) is 0. The molecule has 1 aliphatic rings. The Bertz CT molecular complexity index is 618. The van der Waals surface area contributed by atoms with E-state index in [2.05, 4.69) is 0 Å². The second-order valence-electron chi connectivity index (χ2n) is 4.35. The van der Waals surface area contributed by atoms with Crippen LogP contribution in [0.2, 0.25) is 0 Å². The van der Waals surface area contributed by atoms with Crippen molar-refractivity contribution in [1.29, 1.82) is 0 Å². The largest absolute Gasteiger partial charge is 0.282 e. The van der Waals surface area contributed by atoms with E-state index in [-0.39, 0.29) is 24.2 Å². The van der Waals surface area contributed by atoms with Gasteiger partial charge in [0.05, 0.1) is 23.4 Å². The molecule has 9 heteroatoms. The van der Waals surface area contributed by atoms with E-state index in [1.165, 1.54) is 18.2 Å². The highest BCUT2D eigenvalue weighted by Crippen LogP contribution is 2.26.